The molecule has 4 nitrogen and oxygen atoms in total. The summed E-state index contributed by atoms with van der Waals surface area (Å²) in [5.74, 6) is 0.784. The van der Waals surface area contributed by atoms with E-state index in [1.54, 1.807) is 0 Å². The summed E-state index contributed by atoms with van der Waals surface area (Å²) in [5, 5.41) is 3.01. The van der Waals surface area contributed by atoms with Gasteiger partial charge >= 0.3 is 0 Å². The number of aromatic nitrogens is 1. The minimum atomic E-state index is -0.0259. The first-order valence-corrected chi connectivity index (χ1v) is 9.23. The Balaban J connectivity index is 1.52. The van der Waals surface area contributed by atoms with Gasteiger partial charge in [-0.15, -0.1) is 0 Å². The molecule has 0 bridgehead atoms. The highest BCUT2D eigenvalue weighted by molar-refractivity contribution is 5.92. The molecule has 0 spiro atoms. The Bertz CT molecular complexity index is 717. The van der Waals surface area contributed by atoms with E-state index in [-0.39, 0.29) is 5.91 Å². The van der Waals surface area contributed by atoms with Crippen LogP contribution < -0.4 is 5.32 Å². The minimum Gasteiger partial charge on any atom is -0.347 e. The van der Waals surface area contributed by atoms with Gasteiger partial charge in [0.25, 0.3) is 5.91 Å². The van der Waals surface area contributed by atoms with E-state index in [1.165, 1.54) is 31.5 Å². The zero-order valence-corrected chi connectivity index (χ0v) is 15.6. The van der Waals surface area contributed by atoms with Crippen molar-refractivity contribution < 1.29 is 4.79 Å². The maximum atomic E-state index is 12.3. The highest BCUT2D eigenvalue weighted by Crippen LogP contribution is 2.18. The molecule has 1 N–H and O–H groups in total. The Labute approximate surface area is 150 Å². The summed E-state index contributed by atoms with van der Waals surface area (Å²) in [4.78, 5) is 14.8. The monoisotopic (exact) mass is 339 g/mol. The van der Waals surface area contributed by atoms with Gasteiger partial charge in [0, 0.05) is 32.4 Å². The number of piperidine rings is 1. The van der Waals surface area contributed by atoms with E-state index in [0.29, 0.717) is 12.2 Å². The van der Waals surface area contributed by atoms with Gasteiger partial charge in [-0.1, -0.05) is 31.2 Å². The van der Waals surface area contributed by atoms with Gasteiger partial charge in [0.15, 0.2) is 0 Å². The molecule has 2 heterocycles. The lowest BCUT2D eigenvalue weighted by molar-refractivity contribution is 0.0942. The average Bonchev–Trinajstić information content (AvgIpc) is 2.93. The normalized spacial score (nSPS) is 18.3. The summed E-state index contributed by atoms with van der Waals surface area (Å²) in [6.45, 7) is 8.33. The molecular weight excluding hydrogens is 310 g/mol. The number of benzene rings is 1. The van der Waals surface area contributed by atoms with Crippen LogP contribution in [0.2, 0.25) is 0 Å². The first-order valence-electron chi connectivity index (χ1n) is 9.23. The predicted octanol–water partition coefficient (Wildman–Crippen LogP) is 3.50. The molecule has 1 aliphatic rings. The van der Waals surface area contributed by atoms with Gasteiger partial charge in [0.1, 0.15) is 5.69 Å². The smallest absolute Gasteiger partial charge is 0.268 e. The lowest BCUT2D eigenvalue weighted by atomic mass is 9.99. The van der Waals surface area contributed by atoms with Crippen molar-refractivity contribution in [3.05, 3.63) is 58.9 Å². The maximum absolute atomic E-state index is 12.3. The summed E-state index contributed by atoms with van der Waals surface area (Å²) >= 11 is 0. The Hall–Kier alpha value is -2.07. The van der Waals surface area contributed by atoms with E-state index in [0.717, 1.165) is 23.7 Å². The van der Waals surface area contributed by atoms with Crippen LogP contribution in [0.5, 0.6) is 0 Å². The second-order valence-electron chi connectivity index (χ2n) is 7.40. The highest BCUT2D eigenvalue weighted by Gasteiger charge is 2.16. The summed E-state index contributed by atoms with van der Waals surface area (Å²) in [6.07, 6.45) is 2.67. The van der Waals surface area contributed by atoms with Crippen molar-refractivity contribution in [3.8, 4) is 0 Å². The quantitative estimate of drug-likeness (QED) is 0.905. The molecule has 1 amide bonds. The molecule has 0 radical (unpaired) electrons. The topological polar surface area (TPSA) is 37.3 Å². The fourth-order valence-corrected chi connectivity index (χ4v) is 3.57. The third kappa shape index (κ3) is 4.51. The SMILES string of the molecule is Cc1ccc(C(=O)NCc2ccc(CN3CCCC(C)C3)cc2)n1C. The van der Waals surface area contributed by atoms with E-state index < -0.39 is 0 Å². The lowest BCUT2D eigenvalue weighted by Crippen LogP contribution is -2.33. The fraction of sp³-hybridized carbons (Fsp3) is 0.476. The average molecular weight is 339 g/mol. The predicted molar refractivity (Wildman–Crippen MR) is 101 cm³/mol. The number of aryl methyl sites for hydroxylation is 1. The van der Waals surface area contributed by atoms with Crippen LogP contribution in [0.4, 0.5) is 0 Å². The summed E-state index contributed by atoms with van der Waals surface area (Å²) in [6, 6.07) is 12.5. The number of carbonyl (C=O) groups excluding carboxylic acids is 1. The summed E-state index contributed by atoms with van der Waals surface area (Å²) in [7, 11) is 1.92. The van der Waals surface area contributed by atoms with E-state index >= 15 is 0 Å². The number of amides is 1. The molecule has 1 aromatic carbocycles. The molecule has 0 saturated carbocycles. The summed E-state index contributed by atoms with van der Waals surface area (Å²) < 4.78 is 1.91. The zero-order chi connectivity index (χ0) is 17.8. The van der Waals surface area contributed by atoms with Crippen molar-refractivity contribution >= 4 is 5.91 Å². The van der Waals surface area contributed by atoms with Crippen LogP contribution in [-0.2, 0) is 20.1 Å². The molecule has 25 heavy (non-hydrogen) atoms. The Morgan fingerprint density at radius 2 is 1.88 bits per heavy atom. The Morgan fingerprint density at radius 1 is 1.16 bits per heavy atom. The van der Waals surface area contributed by atoms with Crippen molar-refractivity contribution in [1.82, 2.24) is 14.8 Å². The second-order valence-corrected chi connectivity index (χ2v) is 7.40. The number of carbonyl (C=O) groups is 1. The van der Waals surface area contributed by atoms with Crippen LogP contribution >= 0.6 is 0 Å². The van der Waals surface area contributed by atoms with Crippen molar-refractivity contribution in [2.24, 2.45) is 13.0 Å². The van der Waals surface area contributed by atoms with Crippen molar-refractivity contribution in [1.29, 1.82) is 0 Å². The van der Waals surface area contributed by atoms with E-state index in [9.17, 15) is 4.79 Å². The molecule has 1 saturated heterocycles. The van der Waals surface area contributed by atoms with Crippen LogP contribution in [0.1, 0.15) is 47.1 Å². The molecule has 1 atom stereocenters. The molecule has 1 unspecified atom stereocenters. The number of nitrogens with zero attached hydrogens (tertiary/aromatic N) is 2. The first-order chi connectivity index (χ1) is 12.0. The van der Waals surface area contributed by atoms with Crippen LogP contribution in [-0.4, -0.2) is 28.5 Å². The molecule has 0 aliphatic carbocycles. The highest BCUT2D eigenvalue weighted by atomic mass is 16.1. The molecule has 134 valence electrons. The third-order valence-electron chi connectivity index (χ3n) is 5.23. The molecular formula is C21H29N3O. The van der Waals surface area contributed by atoms with Crippen LogP contribution in [0.25, 0.3) is 0 Å². The van der Waals surface area contributed by atoms with Crippen LogP contribution in [0.15, 0.2) is 36.4 Å². The molecule has 1 fully saturated rings. The molecule has 3 rings (SSSR count). The fourth-order valence-electron chi connectivity index (χ4n) is 3.57. The van der Waals surface area contributed by atoms with Gasteiger partial charge in [0.05, 0.1) is 0 Å². The first kappa shape index (κ1) is 17.7. The van der Waals surface area contributed by atoms with Crippen molar-refractivity contribution in [2.75, 3.05) is 13.1 Å². The van der Waals surface area contributed by atoms with E-state index in [4.69, 9.17) is 0 Å². The molecule has 1 aliphatic heterocycles. The third-order valence-corrected chi connectivity index (χ3v) is 5.23. The van der Waals surface area contributed by atoms with Crippen molar-refractivity contribution in [3.63, 3.8) is 0 Å². The number of likely N-dealkylation sites (tertiary alicyclic amines) is 1. The largest absolute Gasteiger partial charge is 0.347 e. The van der Waals surface area contributed by atoms with Gasteiger partial charge in [-0.3, -0.25) is 9.69 Å². The molecule has 4 heteroatoms. The number of hydrogen-bond acceptors (Lipinski definition) is 2. The van der Waals surface area contributed by atoms with Gasteiger partial charge in [0.2, 0.25) is 0 Å². The lowest BCUT2D eigenvalue weighted by Gasteiger charge is -2.30. The van der Waals surface area contributed by atoms with Crippen LogP contribution in [0, 0.1) is 12.8 Å². The second kappa shape index (κ2) is 7.87. The van der Waals surface area contributed by atoms with E-state index in [1.807, 2.05) is 30.7 Å². The summed E-state index contributed by atoms with van der Waals surface area (Å²) in [5.41, 5.74) is 4.27. The van der Waals surface area contributed by atoms with Gasteiger partial charge < -0.3 is 9.88 Å². The number of nitrogens with one attached hydrogen (secondary N) is 1. The van der Waals surface area contributed by atoms with Gasteiger partial charge in [-0.25, -0.2) is 0 Å². The number of rotatable bonds is 5. The van der Waals surface area contributed by atoms with Gasteiger partial charge in [-0.2, -0.15) is 0 Å². The van der Waals surface area contributed by atoms with Crippen molar-refractivity contribution in [2.45, 2.75) is 39.8 Å². The molecule has 1 aromatic heterocycles. The standard InChI is InChI=1S/C21H29N3O/c1-16-5-4-12-24(14-16)15-19-9-7-18(8-10-19)13-22-21(25)20-11-6-17(2)23(20)3/h6-11,16H,4-5,12-15H2,1-3H3,(H,22,25). The Morgan fingerprint density at radius 3 is 2.52 bits per heavy atom. The van der Waals surface area contributed by atoms with Gasteiger partial charge in [-0.05, 0) is 55.5 Å². The van der Waals surface area contributed by atoms with E-state index in [2.05, 4.69) is 41.4 Å². The minimum absolute atomic E-state index is 0.0259. The number of hydrogen-bond donors (Lipinski definition) is 1. The van der Waals surface area contributed by atoms with Crippen LogP contribution in [0.3, 0.4) is 0 Å². The Kier molecular flexibility index (Phi) is 5.59. The molecule has 2 aromatic rings. The maximum Gasteiger partial charge on any atom is 0.268 e. The zero-order valence-electron chi connectivity index (χ0n) is 15.6.